The first-order valence-electron chi connectivity index (χ1n) is 6.65. The third-order valence-electron chi connectivity index (χ3n) is 3.45. The Kier molecular flexibility index (Phi) is 3.54. The van der Waals surface area contributed by atoms with Crippen LogP contribution in [0.5, 0.6) is 0 Å². The van der Waals surface area contributed by atoms with Crippen LogP contribution in [0.25, 0.3) is 0 Å². The first-order chi connectivity index (χ1) is 9.24. The van der Waals surface area contributed by atoms with E-state index in [-0.39, 0.29) is 17.7 Å². The predicted octanol–water partition coefficient (Wildman–Crippen LogP) is 2.09. The summed E-state index contributed by atoms with van der Waals surface area (Å²) in [4.78, 5) is 26.3. The number of amides is 2. The molecule has 0 spiro atoms. The number of hydrogen-bond acceptors (Lipinski definition) is 2. The minimum atomic E-state index is -0.991. The van der Waals surface area contributed by atoms with Crippen LogP contribution in [-0.4, -0.2) is 23.4 Å². The fraction of sp³-hybridized carbons (Fsp3) is 0.467. The molecule has 0 bridgehead atoms. The summed E-state index contributed by atoms with van der Waals surface area (Å²) in [6, 6.07) is 5.15. The van der Waals surface area contributed by atoms with Crippen molar-refractivity contribution < 1.29 is 14.0 Å². The van der Waals surface area contributed by atoms with Crippen LogP contribution in [-0.2, 0) is 9.59 Å². The van der Waals surface area contributed by atoms with Gasteiger partial charge in [0.15, 0.2) is 0 Å². The largest absolute Gasteiger partial charge is 0.340 e. The van der Waals surface area contributed by atoms with Crippen molar-refractivity contribution in [3.63, 3.8) is 0 Å². The van der Waals surface area contributed by atoms with Crippen LogP contribution in [0, 0.1) is 11.7 Å². The van der Waals surface area contributed by atoms with Crippen molar-refractivity contribution in [2.45, 2.75) is 39.3 Å². The maximum atomic E-state index is 13.4. The highest BCUT2D eigenvalue weighted by atomic mass is 19.1. The van der Waals surface area contributed by atoms with Gasteiger partial charge in [-0.3, -0.25) is 14.5 Å². The van der Waals surface area contributed by atoms with Crippen molar-refractivity contribution in [2.75, 3.05) is 4.90 Å². The van der Waals surface area contributed by atoms with Crippen LogP contribution in [0.3, 0.4) is 0 Å². The van der Waals surface area contributed by atoms with Gasteiger partial charge in [0.05, 0.1) is 0 Å². The molecular weight excluding hydrogens is 259 g/mol. The van der Waals surface area contributed by atoms with E-state index in [2.05, 4.69) is 5.32 Å². The Morgan fingerprint density at radius 3 is 2.50 bits per heavy atom. The van der Waals surface area contributed by atoms with Crippen LogP contribution in [0.4, 0.5) is 10.1 Å². The molecule has 1 aliphatic rings. The van der Waals surface area contributed by atoms with E-state index in [1.807, 2.05) is 13.8 Å². The molecule has 0 aromatic heterocycles. The number of nitrogens with zero attached hydrogens (tertiary/aromatic N) is 1. The van der Waals surface area contributed by atoms with E-state index < -0.39 is 17.4 Å². The van der Waals surface area contributed by atoms with Gasteiger partial charge in [0.25, 0.3) is 5.91 Å². The maximum Gasteiger partial charge on any atom is 0.252 e. The second-order valence-corrected chi connectivity index (χ2v) is 5.96. The number of benzene rings is 1. The Morgan fingerprint density at radius 1 is 1.30 bits per heavy atom. The standard InChI is InChI=1S/C15H19FN2O2/c1-9(2)12-13(19)17-15(3,4)14(20)18(12)11-7-5-6-10(16)8-11/h5-9,12H,1-4H3,(H,17,19). The smallest absolute Gasteiger partial charge is 0.252 e. The van der Waals surface area contributed by atoms with Crippen molar-refractivity contribution in [2.24, 2.45) is 5.92 Å². The molecule has 1 aliphatic heterocycles. The molecule has 1 atom stereocenters. The van der Waals surface area contributed by atoms with Crippen LogP contribution in [0.1, 0.15) is 27.7 Å². The minimum Gasteiger partial charge on any atom is -0.340 e. The van der Waals surface area contributed by atoms with E-state index in [4.69, 9.17) is 0 Å². The highest BCUT2D eigenvalue weighted by molar-refractivity contribution is 6.10. The second-order valence-electron chi connectivity index (χ2n) is 5.96. The number of rotatable bonds is 2. The minimum absolute atomic E-state index is 0.0710. The monoisotopic (exact) mass is 278 g/mol. The molecule has 1 N–H and O–H groups in total. The summed E-state index contributed by atoms with van der Waals surface area (Å²) in [6.07, 6.45) is 0. The number of hydrogen-bond donors (Lipinski definition) is 1. The van der Waals surface area contributed by atoms with Crippen molar-refractivity contribution >= 4 is 17.5 Å². The first-order valence-corrected chi connectivity index (χ1v) is 6.65. The van der Waals surface area contributed by atoms with E-state index in [9.17, 15) is 14.0 Å². The van der Waals surface area contributed by atoms with E-state index in [1.165, 1.54) is 23.1 Å². The van der Waals surface area contributed by atoms with Crippen LogP contribution in [0.15, 0.2) is 24.3 Å². The third-order valence-corrected chi connectivity index (χ3v) is 3.45. The van der Waals surface area contributed by atoms with Crippen molar-refractivity contribution in [1.82, 2.24) is 5.32 Å². The van der Waals surface area contributed by atoms with Gasteiger partial charge in [-0.15, -0.1) is 0 Å². The summed E-state index contributed by atoms with van der Waals surface area (Å²) in [6.45, 7) is 7.02. The Bertz CT molecular complexity index is 555. The molecule has 2 amide bonds. The molecule has 1 heterocycles. The zero-order valence-corrected chi connectivity index (χ0v) is 12.1. The van der Waals surface area contributed by atoms with Gasteiger partial charge in [-0.2, -0.15) is 0 Å². The fourth-order valence-corrected chi connectivity index (χ4v) is 2.48. The first kappa shape index (κ1) is 14.5. The molecule has 20 heavy (non-hydrogen) atoms. The topological polar surface area (TPSA) is 49.4 Å². The third kappa shape index (κ3) is 2.40. The average Bonchev–Trinajstić information content (AvgIpc) is 2.32. The Hall–Kier alpha value is -1.91. The summed E-state index contributed by atoms with van der Waals surface area (Å²) in [5.41, 5.74) is -0.578. The van der Waals surface area contributed by atoms with Crippen LogP contribution in [0.2, 0.25) is 0 Å². The SMILES string of the molecule is CC(C)C1C(=O)NC(C)(C)C(=O)N1c1cccc(F)c1. The van der Waals surface area contributed by atoms with Crippen molar-refractivity contribution in [3.8, 4) is 0 Å². The van der Waals surface area contributed by atoms with Gasteiger partial charge in [-0.25, -0.2) is 4.39 Å². The van der Waals surface area contributed by atoms with E-state index in [0.29, 0.717) is 5.69 Å². The van der Waals surface area contributed by atoms with Crippen LogP contribution < -0.4 is 10.2 Å². The van der Waals surface area contributed by atoms with Gasteiger partial charge >= 0.3 is 0 Å². The van der Waals surface area contributed by atoms with Gasteiger partial charge < -0.3 is 5.32 Å². The number of halogens is 1. The van der Waals surface area contributed by atoms with Gasteiger partial charge in [-0.05, 0) is 38.0 Å². The van der Waals surface area contributed by atoms with E-state index >= 15 is 0 Å². The molecule has 2 rings (SSSR count). The molecule has 1 fully saturated rings. The average molecular weight is 278 g/mol. The second kappa shape index (κ2) is 4.89. The summed E-state index contributed by atoms with van der Waals surface area (Å²) < 4.78 is 13.4. The predicted molar refractivity (Wildman–Crippen MR) is 74.7 cm³/mol. The molecule has 4 nitrogen and oxygen atoms in total. The molecule has 0 saturated carbocycles. The Balaban J connectivity index is 2.53. The maximum absolute atomic E-state index is 13.4. The highest BCUT2D eigenvalue weighted by Crippen LogP contribution is 2.29. The number of nitrogens with one attached hydrogen (secondary N) is 1. The quantitative estimate of drug-likeness (QED) is 0.900. The van der Waals surface area contributed by atoms with Gasteiger partial charge in [-0.1, -0.05) is 19.9 Å². The molecule has 5 heteroatoms. The molecule has 0 aliphatic carbocycles. The summed E-state index contributed by atoms with van der Waals surface area (Å²) >= 11 is 0. The van der Waals surface area contributed by atoms with E-state index in [1.54, 1.807) is 19.9 Å². The molecular formula is C15H19FN2O2. The Morgan fingerprint density at radius 2 is 1.95 bits per heavy atom. The van der Waals surface area contributed by atoms with Gasteiger partial charge in [0.1, 0.15) is 17.4 Å². The molecule has 108 valence electrons. The highest BCUT2D eigenvalue weighted by Gasteiger charge is 2.47. The lowest BCUT2D eigenvalue weighted by Crippen LogP contribution is -2.69. The summed E-state index contributed by atoms with van der Waals surface area (Å²) in [5.74, 6) is -0.949. The van der Waals surface area contributed by atoms with Crippen molar-refractivity contribution in [3.05, 3.63) is 30.1 Å². The van der Waals surface area contributed by atoms with Crippen LogP contribution >= 0.6 is 0 Å². The molecule has 1 unspecified atom stereocenters. The normalized spacial score (nSPS) is 22.1. The lowest BCUT2D eigenvalue weighted by Gasteiger charge is -2.44. The zero-order valence-electron chi connectivity index (χ0n) is 12.1. The van der Waals surface area contributed by atoms with Crippen molar-refractivity contribution in [1.29, 1.82) is 0 Å². The summed E-state index contributed by atoms with van der Waals surface area (Å²) in [7, 11) is 0. The molecule has 1 aromatic rings. The Labute approximate surface area is 118 Å². The number of carbonyl (C=O) groups is 2. The zero-order chi connectivity index (χ0) is 15.1. The van der Waals surface area contributed by atoms with Gasteiger partial charge in [0.2, 0.25) is 5.91 Å². The van der Waals surface area contributed by atoms with E-state index in [0.717, 1.165) is 0 Å². The fourth-order valence-electron chi connectivity index (χ4n) is 2.48. The molecule has 0 radical (unpaired) electrons. The number of carbonyl (C=O) groups excluding carboxylic acids is 2. The number of piperazine rings is 1. The number of anilines is 1. The lowest BCUT2D eigenvalue weighted by atomic mass is 9.91. The van der Waals surface area contributed by atoms with Gasteiger partial charge in [0, 0.05) is 5.69 Å². The molecule has 1 saturated heterocycles. The lowest BCUT2D eigenvalue weighted by molar-refractivity contribution is -0.138. The molecule has 1 aromatic carbocycles. The summed E-state index contributed by atoms with van der Waals surface area (Å²) in [5, 5.41) is 2.73.